The van der Waals surface area contributed by atoms with E-state index in [-0.39, 0.29) is 27.9 Å². The highest BCUT2D eigenvalue weighted by Gasteiger charge is 2.33. The second kappa shape index (κ2) is 8.57. The third-order valence-corrected chi connectivity index (χ3v) is 7.51. The normalized spacial score (nSPS) is 13.0. The first-order valence-electron chi connectivity index (χ1n) is 9.81. The van der Waals surface area contributed by atoms with E-state index in [2.05, 4.69) is 6.58 Å². The monoisotopic (exact) mass is 452 g/mol. The van der Waals surface area contributed by atoms with Crippen molar-refractivity contribution in [3.05, 3.63) is 102 Å². The zero-order valence-corrected chi connectivity index (χ0v) is 18.3. The highest BCUT2D eigenvalue weighted by Crippen LogP contribution is 2.35. The summed E-state index contributed by atoms with van der Waals surface area (Å²) in [5.41, 5.74) is 2.55. The van der Waals surface area contributed by atoms with Crippen molar-refractivity contribution in [3.8, 4) is 0 Å². The Balaban J connectivity index is 1.73. The topological polar surface area (TPSA) is 57.7 Å². The highest BCUT2D eigenvalue weighted by atomic mass is 35.5. The van der Waals surface area contributed by atoms with E-state index in [9.17, 15) is 13.2 Å². The molecule has 3 aromatic rings. The lowest BCUT2D eigenvalue weighted by molar-refractivity contribution is 0.0989. The largest absolute Gasteiger partial charge is 0.305 e. The average molecular weight is 453 g/mol. The molecule has 158 valence electrons. The van der Waals surface area contributed by atoms with Crippen LogP contribution in [0.15, 0.2) is 90.3 Å². The minimum absolute atomic E-state index is 0.0795. The average Bonchev–Trinajstić information content (AvgIpc) is 3.23. The van der Waals surface area contributed by atoms with Crippen molar-refractivity contribution >= 4 is 38.9 Å². The van der Waals surface area contributed by atoms with E-state index in [1.807, 2.05) is 42.5 Å². The van der Waals surface area contributed by atoms with Crippen LogP contribution >= 0.6 is 11.6 Å². The number of hydrogen-bond acceptors (Lipinski definition) is 3. The molecular weight excluding hydrogens is 432 g/mol. The molecule has 0 N–H and O–H groups in total. The van der Waals surface area contributed by atoms with Crippen LogP contribution in [0.5, 0.6) is 0 Å². The molecule has 0 bridgehead atoms. The van der Waals surface area contributed by atoms with Gasteiger partial charge in [0.25, 0.3) is 15.9 Å². The van der Waals surface area contributed by atoms with Gasteiger partial charge in [-0.25, -0.2) is 8.42 Å². The molecular formula is C24H21ClN2O3S. The summed E-state index contributed by atoms with van der Waals surface area (Å²) in [6.45, 7) is 4.35. The van der Waals surface area contributed by atoms with Gasteiger partial charge in [-0.1, -0.05) is 54.1 Å². The van der Waals surface area contributed by atoms with Gasteiger partial charge in [0.05, 0.1) is 10.7 Å². The summed E-state index contributed by atoms with van der Waals surface area (Å²) in [5, 5.41) is 0.0795. The molecule has 1 amide bonds. The van der Waals surface area contributed by atoms with E-state index in [0.29, 0.717) is 24.3 Å². The van der Waals surface area contributed by atoms with Gasteiger partial charge in [0.2, 0.25) is 0 Å². The SMILES string of the molecule is C=CCN(C(=O)c1ccc(Cl)c(S(=O)(=O)N2CCc3ccccc32)c1)c1ccccc1. The summed E-state index contributed by atoms with van der Waals surface area (Å²) in [7, 11) is -3.93. The highest BCUT2D eigenvalue weighted by molar-refractivity contribution is 7.93. The number of rotatable bonds is 6. The van der Waals surface area contributed by atoms with Crippen LogP contribution < -0.4 is 9.21 Å². The van der Waals surface area contributed by atoms with Gasteiger partial charge in [0, 0.05) is 24.3 Å². The maximum absolute atomic E-state index is 13.5. The molecule has 5 nitrogen and oxygen atoms in total. The van der Waals surface area contributed by atoms with Gasteiger partial charge >= 0.3 is 0 Å². The number of carbonyl (C=O) groups excluding carboxylic acids is 1. The number of hydrogen-bond donors (Lipinski definition) is 0. The molecule has 0 saturated carbocycles. The summed E-state index contributed by atoms with van der Waals surface area (Å²) in [4.78, 5) is 14.7. The lowest BCUT2D eigenvalue weighted by atomic mass is 10.1. The Bertz CT molecular complexity index is 1240. The van der Waals surface area contributed by atoms with Crippen LogP contribution in [-0.4, -0.2) is 27.4 Å². The summed E-state index contributed by atoms with van der Waals surface area (Å²) in [6, 6.07) is 20.9. The fourth-order valence-electron chi connectivity index (χ4n) is 3.71. The predicted molar refractivity (Wildman–Crippen MR) is 124 cm³/mol. The third kappa shape index (κ3) is 3.96. The molecule has 1 aliphatic rings. The van der Waals surface area contributed by atoms with E-state index in [0.717, 1.165) is 5.56 Å². The van der Waals surface area contributed by atoms with Crippen molar-refractivity contribution in [2.45, 2.75) is 11.3 Å². The Labute approximate surface area is 187 Å². The van der Waals surface area contributed by atoms with Gasteiger partial charge in [0.15, 0.2) is 0 Å². The minimum Gasteiger partial charge on any atom is -0.305 e. The van der Waals surface area contributed by atoms with Gasteiger partial charge in [-0.2, -0.15) is 0 Å². The number of halogens is 1. The van der Waals surface area contributed by atoms with E-state index >= 15 is 0 Å². The second-order valence-electron chi connectivity index (χ2n) is 7.14. The molecule has 4 rings (SSSR count). The lowest BCUT2D eigenvalue weighted by Gasteiger charge is -2.23. The van der Waals surface area contributed by atoms with Gasteiger partial charge in [-0.15, -0.1) is 6.58 Å². The fraction of sp³-hybridized carbons (Fsp3) is 0.125. The van der Waals surface area contributed by atoms with Crippen LogP contribution in [0.1, 0.15) is 15.9 Å². The molecule has 0 saturated heterocycles. The number of nitrogens with zero attached hydrogens (tertiary/aromatic N) is 2. The van der Waals surface area contributed by atoms with Gasteiger partial charge in [0.1, 0.15) is 4.90 Å². The number of carbonyl (C=O) groups is 1. The first kappa shape index (κ1) is 21.2. The van der Waals surface area contributed by atoms with Crippen molar-refractivity contribution in [3.63, 3.8) is 0 Å². The van der Waals surface area contributed by atoms with E-state index < -0.39 is 10.0 Å². The van der Waals surface area contributed by atoms with Crippen LogP contribution in [-0.2, 0) is 16.4 Å². The second-order valence-corrected chi connectivity index (χ2v) is 9.38. The smallest absolute Gasteiger partial charge is 0.265 e. The molecule has 0 radical (unpaired) electrons. The third-order valence-electron chi connectivity index (χ3n) is 5.22. The molecule has 0 fully saturated rings. The summed E-state index contributed by atoms with van der Waals surface area (Å²) < 4.78 is 28.3. The maximum atomic E-state index is 13.5. The standard InChI is InChI=1S/C24H21ClN2O3S/c1-2-15-26(20-9-4-3-5-10-20)24(28)19-12-13-21(25)23(17-19)31(29,30)27-16-14-18-8-6-7-11-22(18)27/h2-13,17H,1,14-16H2. The molecule has 0 aromatic heterocycles. The van der Waals surface area contributed by atoms with Crippen LogP contribution in [0.3, 0.4) is 0 Å². The Morgan fingerprint density at radius 3 is 2.52 bits per heavy atom. The zero-order chi connectivity index (χ0) is 22.0. The van der Waals surface area contributed by atoms with Crippen LogP contribution in [0.4, 0.5) is 11.4 Å². The van der Waals surface area contributed by atoms with E-state index in [1.54, 1.807) is 24.3 Å². The Morgan fingerprint density at radius 2 is 1.77 bits per heavy atom. The Kier molecular flexibility index (Phi) is 5.85. The van der Waals surface area contributed by atoms with Crippen molar-refractivity contribution in [1.29, 1.82) is 0 Å². The van der Waals surface area contributed by atoms with E-state index in [4.69, 9.17) is 11.6 Å². The van der Waals surface area contributed by atoms with Crippen molar-refractivity contribution in [2.24, 2.45) is 0 Å². The zero-order valence-electron chi connectivity index (χ0n) is 16.7. The maximum Gasteiger partial charge on any atom is 0.265 e. The lowest BCUT2D eigenvalue weighted by Crippen LogP contribution is -2.32. The number of para-hydroxylation sites is 2. The molecule has 0 unspecified atom stereocenters. The molecule has 3 aromatic carbocycles. The first-order chi connectivity index (χ1) is 14.9. The van der Waals surface area contributed by atoms with Gasteiger partial charge < -0.3 is 4.90 Å². The number of fused-ring (bicyclic) bond motifs is 1. The molecule has 7 heteroatoms. The molecule has 1 aliphatic heterocycles. The van der Waals surface area contributed by atoms with Crippen molar-refractivity contribution < 1.29 is 13.2 Å². The minimum atomic E-state index is -3.93. The van der Waals surface area contributed by atoms with Crippen LogP contribution in [0, 0.1) is 0 Å². The molecule has 0 aliphatic carbocycles. The van der Waals surface area contributed by atoms with Crippen LogP contribution in [0.25, 0.3) is 0 Å². The number of sulfonamides is 1. The number of amides is 1. The molecule has 0 atom stereocenters. The Hall–Kier alpha value is -3.09. The number of anilines is 2. The molecule has 0 spiro atoms. The van der Waals surface area contributed by atoms with Gasteiger partial charge in [-0.3, -0.25) is 9.10 Å². The van der Waals surface area contributed by atoms with E-state index in [1.165, 1.54) is 21.3 Å². The summed E-state index contributed by atoms with van der Waals surface area (Å²) in [5.74, 6) is -0.332. The van der Waals surface area contributed by atoms with Crippen molar-refractivity contribution in [1.82, 2.24) is 0 Å². The fourth-order valence-corrected chi connectivity index (χ4v) is 5.72. The predicted octanol–water partition coefficient (Wildman–Crippen LogP) is 4.92. The van der Waals surface area contributed by atoms with Crippen LogP contribution in [0.2, 0.25) is 5.02 Å². The quantitative estimate of drug-likeness (QED) is 0.498. The number of benzene rings is 3. The van der Waals surface area contributed by atoms with Crippen molar-refractivity contribution in [2.75, 3.05) is 22.3 Å². The Morgan fingerprint density at radius 1 is 1.06 bits per heavy atom. The summed E-state index contributed by atoms with van der Waals surface area (Å²) >= 11 is 6.30. The molecule has 31 heavy (non-hydrogen) atoms. The summed E-state index contributed by atoms with van der Waals surface area (Å²) in [6.07, 6.45) is 2.26. The first-order valence-corrected chi connectivity index (χ1v) is 11.6. The van der Waals surface area contributed by atoms with Gasteiger partial charge in [-0.05, 0) is 48.4 Å². The molecule has 1 heterocycles.